The first kappa shape index (κ1) is 14.2. The highest BCUT2D eigenvalue weighted by Crippen LogP contribution is 2.11. The van der Waals surface area contributed by atoms with Crippen molar-refractivity contribution in [3.63, 3.8) is 0 Å². The van der Waals surface area contributed by atoms with Gasteiger partial charge in [-0.3, -0.25) is 4.79 Å². The lowest BCUT2D eigenvalue weighted by Gasteiger charge is -2.22. The van der Waals surface area contributed by atoms with E-state index in [0.717, 1.165) is 0 Å². The fraction of sp³-hybridized carbons (Fsp3) is 0.545. The van der Waals surface area contributed by atoms with E-state index in [2.05, 4.69) is 14.7 Å². The van der Waals surface area contributed by atoms with Gasteiger partial charge >= 0.3 is 5.97 Å². The number of esters is 1. The Balaban J connectivity index is 2.68. The Morgan fingerprint density at radius 2 is 2.22 bits per heavy atom. The Morgan fingerprint density at radius 1 is 1.44 bits per heavy atom. The monoisotopic (exact) mass is 254 g/mol. The van der Waals surface area contributed by atoms with Crippen molar-refractivity contribution in [1.29, 1.82) is 0 Å². The van der Waals surface area contributed by atoms with Gasteiger partial charge in [0.1, 0.15) is 5.82 Å². The molecule has 0 saturated heterocycles. The van der Waals surface area contributed by atoms with Crippen molar-refractivity contribution < 1.29 is 14.3 Å². The number of anilines is 2. The average molecular weight is 254 g/mol. The molecule has 0 fully saturated rings. The Labute approximate surface area is 106 Å². The molecule has 7 heteroatoms. The van der Waals surface area contributed by atoms with E-state index in [4.69, 9.17) is 10.5 Å². The molecule has 100 valence electrons. The number of hydrogen-bond acceptors (Lipinski definition) is 7. The van der Waals surface area contributed by atoms with E-state index in [1.54, 1.807) is 19.4 Å². The molecule has 0 spiro atoms. The Kier molecular flexibility index (Phi) is 5.86. The second-order valence-corrected chi connectivity index (χ2v) is 3.58. The third kappa shape index (κ3) is 4.54. The molecular formula is C11H18N4O3. The zero-order chi connectivity index (χ0) is 13.4. The largest absolute Gasteiger partial charge is 0.469 e. The second-order valence-electron chi connectivity index (χ2n) is 3.58. The number of hydrogen-bond donors (Lipinski definition) is 1. The van der Waals surface area contributed by atoms with Gasteiger partial charge in [-0.2, -0.15) is 4.98 Å². The SMILES string of the molecule is COCCN(CCC(=O)OC)c1ccnc(N)n1. The van der Waals surface area contributed by atoms with Crippen LogP contribution in [-0.4, -0.2) is 49.9 Å². The number of nitrogens with two attached hydrogens (primary N) is 1. The third-order valence-corrected chi connectivity index (χ3v) is 2.36. The molecule has 7 nitrogen and oxygen atoms in total. The third-order valence-electron chi connectivity index (χ3n) is 2.36. The van der Waals surface area contributed by atoms with E-state index in [1.165, 1.54) is 7.11 Å². The van der Waals surface area contributed by atoms with Crippen LogP contribution in [0.1, 0.15) is 6.42 Å². The van der Waals surface area contributed by atoms with Gasteiger partial charge in [0.2, 0.25) is 5.95 Å². The summed E-state index contributed by atoms with van der Waals surface area (Å²) in [5.41, 5.74) is 5.54. The number of carbonyl (C=O) groups is 1. The molecule has 0 amide bonds. The lowest BCUT2D eigenvalue weighted by molar-refractivity contribution is -0.140. The Morgan fingerprint density at radius 3 is 2.83 bits per heavy atom. The summed E-state index contributed by atoms with van der Waals surface area (Å²) in [7, 11) is 2.98. The molecule has 0 bridgehead atoms. The molecule has 0 aliphatic carbocycles. The zero-order valence-electron chi connectivity index (χ0n) is 10.6. The van der Waals surface area contributed by atoms with E-state index in [9.17, 15) is 4.79 Å². The minimum absolute atomic E-state index is 0.202. The van der Waals surface area contributed by atoms with Gasteiger partial charge < -0.3 is 20.1 Å². The molecule has 1 heterocycles. The number of ether oxygens (including phenoxy) is 2. The van der Waals surface area contributed by atoms with Crippen molar-refractivity contribution in [3.8, 4) is 0 Å². The molecule has 1 aromatic heterocycles. The first-order valence-corrected chi connectivity index (χ1v) is 5.56. The maximum Gasteiger partial charge on any atom is 0.307 e. The fourth-order valence-corrected chi connectivity index (χ4v) is 1.41. The van der Waals surface area contributed by atoms with Gasteiger partial charge in [0.15, 0.2) is 0 Å². The number of nitrogen functional groups attached to an aromatic ring is 1. The highest BCUT2D eigenvalue weighted by Gasteiger charge is 2.11. The molecule has 0 aliphatic rings. The summed E-state index contributed by atoms with van der Waals surface area (Å²) in [6, 6.07) is 1.74. The number of aromatic nitrogens is 2. The fourth-order valence-electron chi connectivity index (χ4n) is 1.41. The van der Waals surface area contributed by atoms with E-state index < -0.39 is 0 Å². The molecule has 0 aliphatic heterocycles. The summed E-state index contributed by atoms with van der Waals surface area (Å²) in [4.78, 5) is 21.0. The quantitative estimate of drug-likeness (QED) is 0.689. The van der Waals surface area contributed by atoms with Crippen molar-refractivity contribution in [2.75, 3.05) is 44.5 Å². The van der Waals surface area contributed by atoms with Crippen LogP contribution in [0, 0.1) is 0 Å². The first-order valence-electron chi connectivity index (χ1n) is 5.56. The Hall–Kier alpha value is -1.89. The zero-order valence-corrected chi connectivity index (χ0v) is 10.6. The topological polar surface area (TPSA) is 90.6 Å². The van der Waals surface area contributed by atoms with Gasteiger partial charge in [-0.05, 0) is 6.07 Å². The summed E-state index contributed by atoms with van der Waals surface area (Å²) in [5.74, 6) is 0.607. The molecule has 18 heavy (non-hydrogen) atoms. The molecule has 0 saturated carbocycles. The van der Waals surface area contributed by atoms with Crippen LogP contribution in [0.25, 0.3) is 0 Å². The van der Waals surface area contributed by atoms with Crippen LogP contribution in [0.5, 0.6) is 0 Å². The summed E-state index contributed by atoms with van der Waals surface area (Å²) in [6.07, 6.45) is 1.86. The molecule has 0 atom stereocenters. The summed E-state index contributed by atoms with van der Waals surface area (Å²) < 4.78 is 9.64. The summed E-state index contributed by atoms with van der Waals surface area (Å²) in [6.45, 7) is 1.64. The number of carbonyl (C=O) groups excluding carboxylic acids is 1. The van der Waals surface area contributed by atoms with Crippen LogP contribution in [-0.2, 0) is 14.3 Å². The van der Waals surface area contributed by atoms with Crippen LogP contribution < -0.4 is 10.6 Å². The van der Waals surface area contributed by atoms with Crippen molar-refractivity contribution in [1.82, 2.24) is 9.97 Å². The van der Waals surface area contributed by atoms with Crippen LogP contribution in [0.4, 0.5) is 11.8 Å². The van der Waals surface area contributed by atoms with Gasteiger partial charge in [0, 0.05) is 26.4 Å². The van der Waals surface area contributed by atoms with Crippen molar-refractivity contribution in [2.45, 2.75) is 6.42 Å². The molecule has 0 radical (unpaired) electrons. The van der Waals surface area contributed by atoms with Gasteiger partial charge in [-0.1, -0.05) is 0 Å². The lowest BCUT2D eigenvalue weighted by Crippen LogP contribution is -2.30. The Bertz CT molecular complexity index is 386. The second kappa shape index (κ2) is 7.44. The number of rotatable bonds is 7. The highest BCUT2D eigenvalue weighted by molar-refractivity contribution is 5.69. The molecule has 1 aromatic rings. The van der Waals surface area contributed by atoms with Crippen LogP contribution >= 0.6 is 0 Å². The van der Waals surface area contributed by atoms with Crippen LogP contribution in [0.3, 0.4) is 0 Å². The summed E-state index contributed by atoms with van der Waals surface area (Å²) >= 11 is 0. The molecule has 1 rings (SSSR count). The van der Waals surface area contributed by atoms with E-state index in [0.29, 0.717) is 25.5 Å². The minimum Gasteiger partial charge on any atom is -0.469 e. The minimum atomic E-state index is -0.264. The summed E-state index contributed by atoms with van der Waals surface area (Å²) in [5, 5.41) is 0. The predicted octanol–water partition coefficient (Wildman–Crippen LogP) is 0.0747. The lowest BCUT2D eigenvalue weighted by atomic mass is 10.3. The molecule has 0 unspecified atom stereocenters. The maximum atomic E-state index is 11.2. The van der Waals surface area contributed by atoms with E-state index in [-0.39, 0.29) is 18.3 Å². The normalized spacial score (nSPS) is 10.1. The van der Waals surface area contributed by atoms with Gasteiger partial charge in [0.25, 0.3) is 0 Å². The molecule has 0 aromatic carbocycles. The molecule has 2 N–H and O–H groups in total. The first-order chi connectivity index (χ1) is 8.67. The van der Waals surface area contributed by atoms with Gasteiger partial charge in [-0.25, -0.2) is 4.98 Å². The van der Waals surface area contributed by atoms with E-state index in [1.807, 2.05) is 4.90 Å². The average Bonchev–Trinajstić information content (AvgIpc) is 2.38. The van der Waals surface area contributed by atoms with Gasteiger partial charge in [-0.15, -0.1) is 0 Å². The van der Waals surface area contributed by atoms with Crippen molar-refractivity contribution in [2.24, 2.45) is 0 Å². The van der Waals surface area contributed by atoms with E-state index >= 15 is 0 Å². The molecular weight excluding hydrogens is 236 g/mol. The van der Waals surface area contributed by atoms with Crippen molar-refractivity contribution in [3.05, 3.63) is 12.3 Å². The van der Waals surface area contributed by atoms with Crippen LogP contribution in [0.15, 0.2) is 12.3 Å². The smallest absolute Gasteiger partial charge is 0.307 e. The predicted molar refractivity (Wildman–Crippen MR) is 67.2 cm³/mol. The number of nitrogens with zero attached hydrogens (tertiary/aromatic N) is 3. The van der Waals surface area contributed by atoms with Crippen molar-refractivity contribution >= 4 is 17.7 Å². The maximum absolute atomic E-state index is 11.2. The van der Waals surface area contributed by atoms with Gasteiger partial charge in [0.05, 0.1) is 20.1 Å². The number of methoxy groups -OCH3 is 2. The highest BCUT2D eigenvalue weighted by atomic mass is 16.5. The van der Waals surface area contributed by atoms with Crippen LogP contribution in [0.2, 0.25) is 0 Å². The standard InChI is InChI=1S/C11H18N4O3/c1-17-8-7-15(6-4-10(16)18-2)9-3-5-13-11(12)14-9/h3,5H,4,6-8H2,1-2H3,(H2,12,13,14).